The van der Waals surface area contributed by atoms with Crippen LogP contribution >= 0.6 is 31.9 Å². The third-order valence-electron chi connectivity index (χ3n) is 2.79. The number of hydrogen-bond acceptors (Lipinski definition) is 2. The summed E-state index contributed by atoms with van der Waals surface area (Å²) < 4.78 is 15.2. The predicted octanol–water partition coefficient (Wildman–Crippen LogP) is 4.84. The lowest BCUT2D eigenvalue weighted by molar-refractivity contribution is 0.0975. The summed E-state index contributed by atoms with van der Waals surface area (Å²) >= 11 is 6.48. The second kappa shape index (κ2) is 6.29. The number of nitrogens with zero attached hydrogens (tertiary/aromatic N) is 1. The first-order valence-electron chi connectivity index (χ1n) is 5.67. The molecule has 1 atom stereocenters. The molecule has 0 saturated carbocycles. The number of nitriles is 1. The van der Waals surface area contributed by atoms with Crippen LogP contribution in [0.5, 0.6) is 0 Å². The van der Waals surface area contributed by atoms with Gasteiger partial charge in [0.15, 0.2) is 5.78 Å². The van der Waals surface area contributed by atoms with Gasteiger partial charge in [0.2, 0.25) is 0 Å². The van der Waals surface area contributed by atoms with Crippen molar-refractivity contribution in [2.45, 2.75) is 5.92 Å². The predicted molar refractivity (Wildman–Crippen MR) is 80.9 cm³/mol. The van der Waals surface area contributed by atoms with E-state index in [0.717, 1.165) is 4.47 Å². The molecule has 2 nitrogen and oxygen atoms in total. The first-order chi connectivity index (χ1) is 9.52. The molecule has 0 heterocycles. The molecule has 0 N–H and O–H groups in total. The molecule has 0 aliphatic rings. The van der Waals surface area contributed by atoms with Crippen molar-refractivity contribution in [2.75, 3.05) is 0 Å². The molecule has 0 amide bonds. The second-order valence-electron chi connectivity index (χ2n) is 4.10. The van der Waals surface area contributed by atoms with E-state index in [1.54, 1.807) is 24.3 Å². The Morgan fingerprint density at radius 2 is 1.70 bits per heavy atom. The van der Waals surface area contributed by atoms with E-state index < -0.39 is 17.5 Å². The molecule has 0 bridgehead atoms. The minimum atomic E-state index is -1.02. The average molecular weight is 397 g/mol. The van der Waals surface area contributed by atoms with E-state index >= 15 is 0 Å². The van der Waals surface area contributed by atoms with Crippen molar-refractivity contribution >= 4 is 37.6 Å². The zero-order chi connectivity index (χ0) is 14.7. The molecular formula is C15H8Br2FNO. The number of benzene rings is 2. The fourth-order valence-electron chi connectivity index (χ4n) is 1.78. The lowest BCUT2D eigenvalue weighted by atomic mass is 9.92. The first kappa shape index (κ1) is 14.9. The Morgan fingerprint density at radius 1 is 1.10 bits per heavy atom. The summed E-state index contributed by atoms with van der Waals surface area (Å²) in [6.45, 7) is 0. The molecule has 0 aromatic heterocycles. The van der Waals surface area contributed by atoms with Gasteiger partial charge in [0.25, 0.3) is 0 Å². The van der Waals surface area contributed by atoms with Gasteiger partial charge in [-0.1, -0.05) is 44.0 Å². The van der Waals surface area contributed by atoms with Crippen molar-refractivity contribution in [3.05, 3.63) is 68.4 Å². The fraction of sp³-hybridized carbons (Fsp3) is 0.0667. The van der Waals surface area contributed by atoms with Gasteiger partial charge < -0.3 is 0 Å². The Morgan fingerprint density at radius 3 is 2.30 bits per heavy atom. The highest BCUT2D eigenvalue weighted by Gasteiger charge is 2.24. The zero-order valence-corrected chi connectivity index (χ0v) is 13.3. The number of hydrogen-bond donors (Lipinski definition) is 0. The van der Waals surface area contributed by atoms with Crippen LogP contribution in [0.1, 0.15) is 21.8 Å². The van der Waals surface area contributed by atoms with Crippen molar-refractivity contribution in [3.63, 3.8) is 0 Å². The molecule has 20 heavy (non-hydrogen) atoms. The number of rotatable bonds is 3. The zero-order valence-electron chi connectivity index (χ0n) is 10.1. The Bertz CT molecular complexity index is 692. The van der Waals surface area contributed by atoms with Crippen LogP contribution in [0.2, 0.25) is 0 Å². The van der Waals surface area contributed by atoms with Crippen LogP contribution in [0.4, 0.5) is 4.39 Å². The van der Waals surface area contributed by atoms with E-state index in [1.165, 1.54) is 18.2 Å². The van der Waals surface area contributed by atoms with E-state index in [1.807, 2.05) is 6.07 Å². The van der Waals surface area contributed by atoms with Gasteiger partial charge in [-0.25, -0.2) is 4.39 Å². The summed E-state index contributed by atoms with van der Waals surface area (Å²) in [7, 11) is 0. The summed E-state index contributed by atoms with van der Waals surface area (Å²) in [6, 6.07) is 12.9. The number of carbonyl (C=O) groups excluding carboxylic acids is 1. The van der Waals surface area contributed by atoms with Crippen LogP contribution in [-0.4, -0.2) is 5.78 Å². The van der Waals surface area contributed by atoms with Gasteiger partial charge in [0, 0.05) is 8.95 Å². The van der Waals surface area contributed by atoms with E-state index in [9.17, 15) is 14.4 Å². The minimum Gasteiger partial charge on any atom is -0.292 e. The van der Waals surface area contributed by atoms with Crippen LogP contribution in [0.3, 0.4) is 0 Å². The summed E-state index contributed by atoms with van der Waals surface area (Å²) in [5, 5.41) is 9.22. The Balaban J connectivity index is 2.42. The quantitative estimate of drug-likeness (QED) is 0.696. The van der Waals surface area contributed by atoms with Crippen molar-refractivity contribution in [2.24, 2.45) is 0 Å². The van der Waals surface area contributed by atoms with Crippen LogP contribution < -0.4 is 0 Å². The van der Waals surface area contributed by atoms with Crippen LogP contribution in [0.15, 0.2) is 51.4 Å². The number of ketones is 1. The number of Topliss-reactive ketones (excluding diaryl/α,β-unsaturated/α-hetero) is 1. The summed E-state index contributed by atoms with van der Waals surface area (Å²) in [5.74, 6) is -2.20. The lowest BCUT2D eigenvalue weighted by Crippen LogP contribution is -2.13. The molecule has 1 unspecified atom stereocenters. The summed E-state index contributed by atoms with van der Waals surface area (Å²) in [5.41, 5.74) is 0.453. The van der Waals surface area contributed by atoms with Gasteiger partial charge in [-0.3, -0.25) is 4.79 Å². The average Bonchev–Trinajstić information content (AvgIpc) is 2.44. The molecule has 2 aromatic rings. The molecule has 0 spiro atoms. The molecule has 0 saturated heterocycles. The third-order valence-corrected chi connectivity index (χ3v) is 3.81. The standard InChI is InChI=1S/C15H8Br2FNO/c16-10-3-1-9(2-4-10)13(8-19)15(20)12-7-11(17)5-6-14(12)18/h1-7,13H. The van der Waals surface area contributed by atoms with Crippen LogP contribution in [0, 0.1) is 17.1 Å². The summed E-state index contributed by atoms with van der Waals surface area (Å²) in [4.78, 5) is 12.3. The molecule has 5 heteroatoms. The van der Waals surface area contributed by atoms with Crippen LogP contribution in [-0.2, 0) is 0 Å². The van der Waals surface area contributed by atoms with E-state index in [0.29, 0.717) is 10.0 Å². The highest BCUT2D eigenvalue weighted by molar-refractivity contribution is 9.10. The molecule has 0 radical (unpaired) electrons. The minimum absolute atomic E-state index is 0.0890. The Hall–Kier alpha value is -1.51. The summed E-state index contributed by atoms with van der Waals surface area (Å²) in [6.07, 6.45) is 0. The van der Waals surface area contributed by atoms with Crippen molar-refractivity contribution in [1.29, 1.82) is 5.26 Å². The molecule has 0 fully saturated rings. The highest BCUT2D eigenvalue weighted by atomic mass is 79.9. The fourth-order valence-corrected chi connectivity index (χ4v) is 2.41. The van der Waals surface area contributed by atoms with E-state index in [2.05, 4.69) is 31.9 Å². The van der Waals surface area contributed by atoms with E-state index in [4.69, 9.17) is 0 Å². The lowest BCUT2D eigenvalue weighted by Gasteiger charge is -2.10. The van der Waals surface area contributed by atoms with Crippen molar-refractivity contribution < 1.29 is 9.18 Å². The normalized spacial score (nSPS) is 11.7. The highest BCUT2D eigenvalue weighted by Crippen LogP contribution is 2.25. The number of halogens is 3. The Labute approximate surface area is 132 Å². The molecule has 0 aliphatic carbocycles. The molecule has 0 aliphatic heterocycles. The van der Waals surface area contributed by atoms with Gasteiger partial charge >= 0.3 is 0 Å². The molecular weight excluding hydrogens is 389 g/mol. The Kier molecular flexibility index (Phi) is 4.69. The maximum absolute atomic E-state index is 13.7. The van der Waals surface area contributed by atoms with Gasteiger partial charge in [0.1, 0.15) is 11.7 Å². The van der Waals surface area contributed by atoms with Gasteiger partial charge in [-0.2, -0.15) is 5.26 Å². The molecule has 2 aromatic carbocycles. The maximum Gasteiger partial charge on any atom is 0.187 e. The number of carbonyl (C=O) groups is 1. The SMILES string of the molecule is N#CC(C(=O)c1cc(Br)ccc1F)c1ccc(Br)cc1. The van der Waals surface area contributed by atoms with Crippen LogP contribution in [0.25, 0.3) is 0 Å². The van der Waals surface area contributed by atoms with Gasteiger partial charge in [-0.15, -0.1) is 0 Å². The van der Waals surface area contributed by atoms with Gasteiger partial charge in [-0.05, 0) is 35.9 Å². The van der Waals surface area contributed by atoms with Gasteiger partial charge in [0.05, 0.1) is 11.6 Å². The molecule has 100 valence electrons. The smallest absolute Gasteiger partial charge is 0.187 e. The molecule has 2 rings (SSSR count). The topological polar surface area (TPSA) is 40.9 Å². The monoisotopic (exact) mass is 395 g/mol. The maximum atomic E-state index is 13.7. The third kappa shape index (κ3) is 3.14. The second-order valence-corrected chi connectivity index (χ2v) is 5.93. The first-order valence-corrected chi connectivity index (χ1v) is 7.26. The van der Waals surface area contributed by atoms with Crippen molar-refractivity contribution in [3.8, 4) is 6.07 Å². The van der Waals surface area contributed by atoms with E-state index in [-0.39, 0.29) is 5.56 Å². The largest absolute Gasteiger partial charge is 0.292 e. The van der Waals surface area contributed by atoms with Crippen molar-refractivity contribution in [1.82, 2.24) is 0 Å².